The van der Waals surface area contributed by atoms with Crippen molar-refractivity contribution >= 4 is 24.0 Å². The van der Waals surface area contributed by atoms with E-state index in [4.69, 9.17) is 0 Å². The number of anilines is 1. The normalized spacial score (nSPS) is 24.6. The molecular formula is C17H25ClN2O. The van der Waals surface area contributed by atoms with E-state index in [1.807, 2.05) is 12.1 Å². The Hall–Kier alpha value is -1.22. The molecule has 4 heteroatoms. The molecule has 1 fully saturated rings. The van der Waals surface area contributed by atoms with E-state index in [2.05, 4.69) is 30.1 Å². The monoisotopic (exact) mass is 308 g/mol. The molecule has 0 bridgehead atoms. The van der Waals surface area contributed by atoms with E-state index in [0.717, 1.165) is 56.1 Å². The molecule has 2 aliphatic heterocycles. The lowest BCUT2D eigenvalue weighted by molar-refractivity contribution is 0.0626. The molecule has 2 heterocycles. The summed E-state index contributed by atoms with van der Waals surface area (Å²) in [7, 11) is 0. The molecule has 1 aromatic carbocycles. The van der Waals surface area contributed by atoms with Gasteiger partial charge in [0.15, 0.2) is 0 Å². The van der Waals surface area contributed by atoms with Gasteiger partial charge in [-0.25, -0.2) is 0 Å². The highest BCUT2D eigenvalue weighted by Gasteiger charge is 2.28. The van der Waals surface area contributed by atoms with Crippen molar-refractivity contribution in [3.63, 3.8) is 0 Å². The Bertz CT molecular complexity index is 518. The number of nitrogens with one attached hydrogen (secondary N) is 1. The number of benzene rings is 1. The van der Waals surface area contributed by atoms with E-state index >= 15 is 0 Å². The van der Waals surface area contributed by atoms with Crippen molar-refractivity contribution in [3.05, 3.63) is 29.3 Å². The molecule has 2 unspecified atom stereocenters. The third-order valence-electron chi connectivity index (χ3n) is 4.95. The zero-order chi connectivity index (χ0) is 14.1. The number of fused-ring (bicyclic) bond motifs is 1. The first-order valence-corrected chi connectivity index (χ1v) is 7.82. The van der Waals surface area contributed by atoms with Crippen LogP contribution in [0.4, 0.5) is 5.69 Å². The Kier molecular flexibility index (Phi) is 5.15. The van der Waals surface area contributed by atoms with Crippen molar-refractivity contribution in [1.29, 1.82) is 0 Å². The Balaban J connectivity index is 0.00000161. The second-order valence-corrected chi connectivity index (χ2v) is 6.36. The first-order chi connectivity index (χ1) is 9.66. The summed E-state index contributed by atoms with van der Waals surface area (Å²) >= 11 is 0. The summed E-state index contributed by atoms with van der Waals surface area (Å²) in [4.78, 5) is 14.9. The number of carbonyl (C=O) groups is 1. The van der Waals surface area contributed by atoms with Gasteiger partial charge in [0.2, 0.25) is 0 Å². The van der Waals surface area contributed by atoms with E-state index in [-0.39, 0.29) is 18.3 Å². The van der Waals surface area contributed by atoms with E-state index in [9.17, 15) is 4.79 Å². The Morgan fingerprint density at radius 1 is 1.29 bits per heavy atom. The van der Waals surface area contributed by atoms with Crippen molar-refractivity contribution in [2.24, 2.45) is 11.8 Å². The summed E-state index contributed by atoms with van der Waals surface area (Å²) in [6, 6.07) is 6.09. The van der Waals surface area contributed by atoms with Gasteiger partial charge in [0, 0.05) is 30.9 Å². The second kappa shape index (κ2) is 6.69. The molecule has 0 aliphatic carbocycles. The van der Waals surface area contributed by atoms with Gasteiger partial charge >= 0.3 is 0 Å². The van der Waals surface area contributed by atoms with Gasteiger partial charge in [-0.15, -0.1) is 12.4 Å². The summed E-state index contributed by atoms with van der Waals surface area (Å²) in [5.74, 6) is 1.56. The van der Waals surface area contributed by atoms with Crippen LogP contribution in [0.5, 0.6) is 0 Å². The van der Waals surface area contributed by atoms with Crippen LogP contribution in [0.2, 0.25) is 0 Å². The number of piperidine rings is 1. The number of nitrogens with zero attached hydrogens (tertiary/aromatic N) is 1. The minimum absolute atomic E-state index is 0. The summed E-state index contributed by atoms with van der Waals surface area (Å²) in [5, 5.41) is 3.41. The third kappa shape index (κ3) is 3.18. The van der Waals surface area contributed by atoms with E-state index < -0.39 is 0 Å². The van der Waals surface area contributed by atoms with E-state index in [1.54, 1.807) is 0 Å². The van der Waals surface area contributed by atoms with Crippen molar-refractivity contribution in [2.45, 2.75) is 33.1 Å². The highest BCUT2D eigenvalue weighted by Crippen LogP contribution is 2.28. The molecule has 0 radical (unpaired) electrons. The van der Waals surface area contributed by atoms with Gasteiger partial charge in [0.1, 0.15) is 0 Å². The van der Waals surface area contributed by atoms with Crippen LogP contribution in [0.3, 0.4) is 0 Å². The molecule has 0 aromatic heterocycles. The van der Waals surface area contributed by atoms with Crippen LogP contribution in [0.1, 0.15) is 42.6 Å². The summed E-state index contributed by atoms with van der Waals surface area (Å²) in [6.45, 7) is 7.37. The van der Waals surface area contributed by atoms with Crippen LogP contribution in [-0.4, -0.2) is 30.4 Å². The van der Waals surface area contributed by atoms with Crippen LogP contribution in [0, 0.1) is 11.8 Å². The van der Waals surface area contributed by atoms with E-state index in [0.29, 0.717) is 5.92 Å². The number of halogens is 1. The number of hydrogen-bond acceptors (Lipinski definition) is 2. The summed E-state index contributed by atoms with van der Waals surface area (Å²) < 4.78 is 0. The van der Waals surface area contributed by atoms with Crippen molar-refractivity contribution in [3.8, 4) is 0 Å². The minimum atomic E-state index is 0. The van der Waals surface area contributed by atoms with Crippen molar-refractivity contribution in [2.75, 3.05) is 25.0 Å². The van der Waals surface area contributed by atoms with Crippen LogP contribution in [-0.2, 0) is 6.42 Å². The second-order valence-electron chi connectivity index (χ2n) is 6.36. The van der Waals surface area contributed by atoms with Crippen LogP contribution < -0.4 is 5.32 Å². The average Bonchev–Trinajstić information content (AvgIpc) is 2.49. The molecule has 1 N–H and O–H groups in total. The van der Waals surface area contributed by atoms with Gasteiger partial charge < -0.3 is 10.2 Å². The SMILES string of the molecule is CC1CCN(C(=O)c2cccc3c2CCCN3)CC1C.Cl. The molecule has 1 aromatic rings. The van der Waals surface area contributed by atoms with Gasteiger partial charge in [0.25, 0.3) is 5.91 Å². The first-order valence-electron chi connectivity index (χ1n) is 7.82. The van der Waals surface area contributed by atoms with E-state index in [1.165, 1.54) is 5.56 Å². The number of carbonyl (C=O) groups excluding carboxylic acids is 1. The Morgan fingerprint density at radius 2 is 2.10 bits per heavy atom. The number of amides is 1. The maximum absolute atomic E-state index is 12.8. The van der Waals surface area contributed by atoms with Crippen molar-refractivity contribution in [1.82, 2.24) is 4.90 Å². The Labute approximate surface area is 133 Å². The van der Waals surface area contributed by atoms with Crippen molar-refractivity contribution < 1.29 is 4.79 Å². The molecule has 21 heavy (non-hydrogen) atoms. The van der Waals surface area contributed by atoms with Gasteiger partial charge in [0.05, 0.1) is 0 Å². The zero-order valence-electron chi connectivity index (χ0n) is 12.9. The standard InChI is InChI=1S/C17H24N2O.ClH/c1-12-8-10-19(11-13(12)2)17(20)15-5-3-7-16-14(15)6-4-9-18-16;/h3,5,7,12-13,18H,4,6,8-11H2,1-2H3;1H. The molecule has 2 aliphatic rings. The molecule has 3 nitrogen and oxygen atoms in total. The molecule has 0 saturated carbocycles. The molecule has 1 saturated heterocycles. The quantitative estimate of drug-likeness (QED) is 0.860. The highest BCUT2D eigenvalue weighted by atomic mass is 35.5. The molecule has 1 amide bonds. The number of rotatable bonds is 1. The predicted octanol–water partition coefficient (Wildman–Crippen LogP) is 3.58. The van der Waals surface area contributed by atoms with Crippen LogP contribution in [0.15, 0.2) is 18.2 Å². The smallest absolute Gasteiger partial charge is 0.254 e. The predicted molar refractivity (Wildman–Crippen MR) is 89.3 cm³/mol. The molecule has 2 atom stereocenters. The highest BCUT2D eigenvalue weighted by molar-refractivity contribution is 5.97. The largest absolute Gasteiger partial charge is 0.385 e. The van der Waals surface area contributed by atoms with Crippen LogP contribution >= 0.6 is 12.4 Å². The number of likely N-dealkylation sites (tertiary alicyclic amines) is 1. The molecule has 3 rings (SSSR count). The fraction of sp³-hybridized carbons (Fsp3) is 0.588. The lowest BCUT2D eigenvalue weighted by atomic mass is 9.88. The molecule has 116 valence electrons. The fourth-order valence-electron chi connectivity index (χ4n) is 3.33. The van der Waals surface area contributed by atoms with Crippen LogP contribution in [0.25, 0.3) is 0 Å². The molecule has 0 spiro atoms. The lowest BCUT2D eigenvalue weighted by Gasteiger charge is -2.36. The number of hydrogen-bond donors (Lipinski definition) is 1. The fourth-order valence-corrected chi connectivity index (χ4v) is 3.33. The minimum Gasteiger partial charge on any atom is -0.385 e. The topological polar surface area (TPSA) is 32.3 Å². The average molecular weight is 309 g/mol. The maximum atomic E-state index is 12.8. The lowest BCUT2D eigenvalue weighted by Crippen LogP contribution is -2.42. The zero-order valence-corrected chi connectivity index (χ0v) is 13.7. The maximum Gasteiger partial charge on any atom is 0.254 e. The summed E-state index contributed by atoms with van der Waals surface area (Å²) in [5.41, 5.74) is 3.28. The van der Waals surface area contributed by atoms with Gasteiger partial charge in [-0.2, -0.15) is 0 Å². The molecular weight excluding hydrogens is 284 g/mol. The van der Waals surface area contributed by atoms with Gasteiger partial charge in [-0.05, 0) is 48.8 Å². The summed E-state index contributed by atoms with van der Waals surface area (Å²) in [6.07, 6.45) is 3.26. The Morgan fingerprint density at radius 3 is 2.86 bits per heavy atom. The first kappa shape index (κ1) is 16.2. The van der Waals surface area contributed by atoms with Gasteiger partial charge in [-0.1, -0.05) is 19.9 Å². The van der Waals surface area contributed by atoms with Gasteiger partial charge in [-0.3, -0.25) is 4.79 Å². The third-order valence-corrected chi connectivity index (χ3v) is 4.95.